The number of amides is 2. The summed E-state index contributed by atoms with van der Waals surface area (Å²) >= 11 is 0. The van der Waals surface area contributed by atoms with Crippen molar-refractivity contribution in [1.82, 2.24) is 19.7 Å². The fourth-order valence-corrected chi connectivity index (χ4v) is 4.70. The summed E-state index contributed by atoms with van der Waals surface area (Å²) < 4.78 is 63.2. The van der Waals surface area contributed by atoms with Crippen LogP contribution in [-0.4, -0.2) is 58.9 Å². The van der Waals surface area contributed by atoms with Gasteiger partial charge in [-0.2, -0.15) is 18.3 Å². The molecule has 2 amide bonds. The molecule has 1 atom stereocenters. The number of hydrogen-bond donors (Lipinski definition) is 2. The highest BCUT2D eigenvalue weighted by Crippen LogP contribution is 2.36. The number of alkyl halides is 3. The molecule has 1 unspecified atom stereocenters. The SMILES string of the molecule is CN(C)C1CCN(c2cc(NC(=O)Nc3ccc(Oc4ccnc(-c5cnn(C)c5)c4)c(F)c3)cc(C(F)(F)F)c2)C1. The third kappa shape index (κ3) is 6.79. The first-order chi connectivity index (χ1) is 19.9. The number of rotatable bonds is 7. The van der Waals surface area contributed by atoms with Gasteiger partial charge in [0.2, 0.25) is 0 Å². The van der Waals surface area contributed by atoms with Crippen molar-refractivity contribution in [3.05, 3.63) is 78.5 Å². The van der Waals surface area contributed by atoms with E-state index >= 15 is 0 Å². The third-order valence-electron chi connectivity index (χ3n) is 6.91. The molecule has 13 heteroatoms. The van der Waals surface area contributed by atoms with Gasteiger partial charge < -0.3 is 25.2 Å². The lowest BCUT2D eigenvalue weighted by molar-refractivity contribution is -0.137. The molecule has 0 bridgehead atoms. The van der Waals surface area contributed by atoms with E-state index in [2.05, 4.69) is 20.7 Å². The Hall–Kier alpha value is -4.65. The highest BCUT2D eigenvalue weighted by molar-refractivity contribution is 6.00. The Morgan fingerprint density at radius 1 is 1.07 bits per heavy atom. The quantitative estimate of drug-likeness (QED) is 0.252. The lowest BCUT2D eigenvalue weighted by Crippen LogP contribution is -2.31. The molecule has 42 heavy (non-hydrogen) atoms. The van der Waals surface area contributed by atoms with Gasteiger partial charge in [0.1, 0.15) is 5.75 Å². The van der Waals surface area contributed by atoms with Crippen molar-refractivity contribution in [3.63, 3.8) is 0 Å². The summed E-state index contributed by atoms with van der Waals surface area (Å²) in [6.07, 6.45) is 1.16. The molecule has 4 aromatic rings. The number of likely N-dealkylation sites (N-methyl/N-ethyl adjacent to an activating group) is 1. The van der Waals surface area contributed by atoms with Crippen LogP contribution in [0.1, 0.15) is 12.0 Å². The number of halogens is 4. The molecule has 3 heterocycles. The fourth-order valence-electron chi connectivity index (χ4n) is 4.70. The van der Waals surface area contributed by atoms with E-state index in [9.17, 15) is 22.4 Å². The second-order valence-electron chi connectivity index (χ2n) is 10.2. The summed E-state index contributed by atoms with van der Waals surface area (Å²) in [7, 11) is 5.64. The van der Waals surface area contributed by atoms with Crippen molar-refractivity contribution in [1.29, 1.82) is 0 Å². The molecule has 0 radical (unpaired) electrons. The topological polar surface area (TPSA) is 87.6 Å². The van der Waals surface area contributed by atoms with Gasteiger partial charge in [-0.25, -0.2) is 9.18 Å². The molecule has 2 aromatic carbocycles. The van der Waals surface area contributed by atoms with E-state index in [4.69, 9.17) is 4.74 Å². The zero-order valence-corrected chi connectivity index (χ0v) is 23.1. The minimum atomic E-state index is -4.60. The summed E-state index contributed by atoms with van der Waals surface area (Å²) in [5, 5.41) is 9.01. The van der Waals surface area contributed by atoms with Crippen molar-refractivity contribution < 1.29 is 27.1 Å². The van der Waals surface area contributed by atoms with E-state index in [1.807, 2.05) is 23.9 Å². The van der Waals surface area contributed by atoms with Crippen molar-refractivity contribution in [2.24, 2.45) is 7.05 Å². The molecule has 5 rings (SSSR count). The molecule has 2 aromatic heterocycles. The Balaban J connectivity index is 1.27. The lowest BCUT2D eigenvalue weighted by atomic mass is 10.1. The summed E-state index contributed by atoms with van der Waals surface area (Å²) in [6, 6.07) is 9.87. The van der Waals surface area contributed by atoms with Gasteiger partial charge in [-0.1, -0.05) is 0 Å². The van der Waals surface area contributed by atoms with E-state index < -0.39 is 23.6 Å². The second kappa shape index (κ2) is 11.7. The number of hydrogen-bond acceptors (Lipinski definition) is 6. The van der Waals surface area contributed by atoms with Crippen LogP contribution in [-0.2, 0) is 13.2 Å². The number of aryl methyl sites for hydroxylation is 1. The number of pyridine rings is 1. The minimum Gasteiger partial charge on any atom is -0.454 e. The van der Waals surface area contributed by atoms with Crippen LogP contribution in [0.3, 0.4) is 0 Å². The summed E-state index contributed by atoms with van der Waals surface area (Å²) in [5.41, 5.74) is 0.895. The largest absolute Gasteiger partial charge is 0.454 e. The van der Waals surface area contributed by atoms with Gasteiger partial charge in [0.05, 0.1) is 17.5 Å². The van der Waals surface area contributed by atoms with Crippen molar-refractivity contribution in [3.8, 4) is 22.8 Å². The maximum atomic E-state index is 14.9. The molecule has 0 aliphatic carbocycles. The summed E-state index contributed by atoms with van der Waals surface area (Å²) in [5.74, 6) is -0.497. The Bertz CT molecular complexity index is 1590. The number of aromatic nitrogens is 3. The normalized spacial score (nSPS) is 15.2. The zero-order valence-electron chi connectivity index (χ0n) is 23.1. The van der Waals surface area contributed by atoms with E-state index in [0.29, 0.717) is 30.2 Å². The van der Waals surface area contributed by atoms with Gasteiger partial charge in [-0.15, -0.1) is 0 Å². The number of carbonyl (C=O) groups is 1. The molecule has 220 valence electrons. The van der Waals surface area contributed by atoms with Crippen LogP contribution in [0.25, 0.3) is 11.3 Å². The van der Waals surface area contributed by atoms with Crippen LogP contribution >= 0.6 is 0 Å². The first-order valence-electron chi connectivity index (χ1n) is 13.1. The molecule has 2 N–H and O–H groups in total. The van der Waals surface area contributed by atoms with Crippen molar-refractivity contribution >= 4 is 23.1 Å². The molecule has 1 saturated heterocycles. The maximum Gasteiger partial charge on any atom is 0.416 e. The van der Waals surface area contributed by atoms with E-state index in [-0.39, 0.29) is 23.2 Å². The standard InChI is InChI=1S/C29H29F4N7O2/c1-38(2)22-7-9-40(17-22)23-11-19(29(31,32)33)10-21(12-23)37-28(41)36-20-4-5-27(25(30)13-20)42-24-6-8-34-26(14-24)18-15-35-39(3)16-18/h4-6,8,10-16,22H,7,9,17H2,1-3H3,(H2,36,37,41). The van der Waals surface area contributed by atoms with Gasteiger partial charge >= 0.3 is 12.2 Å². The second-order valence-corrected chi connectivity index (χ2v) is 10.2. The molecule has 1 fully saturated rings. The van der Waals surface area contributed by atoms with Gasteiger partial charge in [-0.05, 0) is 56.9 Å². The van der Waals surface area contributed by atoms with E-state index in [0.717, 1.165) is 30.2 Å². The van der Waals surface area contributed by atoms with Crippen molar-refractivity contribution in [2.45, 2.75) is 18.6 Å². The Labute approximate surface area is 239 Å². The monoisotopic (exact) mass is 583 g/mol. The average molecular weight is 584 g/mol. The number of urea groups is 1. The van der Waals surface area contributed by atoms with Crippen LogP contribution in [0.2, 0.25) is 0 Å². The minimum absolute atomic E-state index is 0.0341. The zero-order chi connectivity index (χ0) is 30.0. The van der Waals surface area contributed by atoms with Gasteiger partial charge in [-0.3, -0.25) is 9.67 Å². The van der Waals surface area contributed by atoms with Crippen molar-refractivity contribution in [2.75, 3.05) is 42.7 Å². The number of benzene rings is 2. The molecular weight excluding hydrogens is 554 g/mol. The number of anilines is 3. The first-order valence-corrected chi connectivity index (χ1v) is 13.1. The first kappa shape index (κ1) is 28.9. The van der Waals surface area contributed by atoms with Crippen LogP contribution in [0.5, 0.6) is 11.5 Å². The van der Waals surface area contributed by atoms with Crippen LogP contribution < -0.4 is 20.3 Å². The van der Waals surface area contributed by atoms with Gasteiger partial charge in [0, 0.05) is 73.3 Å². The average Bonchev–Trinajstić information content (AvgIpc) is 3.60. The molecule has 1 aliphatic heterocycles. The highest BCUT2D eigenvalue weighted by Gasteiger charge is 2.33. The Morgan fingerprint density at radius 3 is 2.52 bits per heavy atom. The lowest BCUT2D eigenvalue weighted by Gasteiger charge is -2.23. The number of nitrogens with one attached hydrogen (secondary N) is 2. The Morgan fingerprint density at radius 2 is 1.86 bits per heavy atom. The highest BCUT2D eigenvalue weighted by atomic mass is 19.4. The van der Waals surface area contributed by atoms with E-state index in [1.165, 1.54) is 24.4 Å². The Kier molecular flexibility index (Phi) is 8.03. The summed E-state index contributed by atoms with van der Waals surface area (Å²) in [6.45, 7) is 1.16. The number of ether oxygens (including phenoxy) is 1. The smallest absolute Gasteiger partial charge is 0.416 e. The number of carbonyl (C=O) groups excluding carboxylic acids is 1. The molecule has 0 saturated carbocycles. The predicted molar refractivity (Wildman–Crippen MR) is 151 cm³/mol. The maximum absolute atomic E-state index is 14.9. The third-order valence-corrected chi connectivity index (χ3v) is 6.91. The number of nitrogens with zero attached hydrogens (tertiary/aromatic N) is 5. The summed E-state index contributed by atoms with van der Waals surface area (Å²) in [4.78, 5) is 20.9. The molecule has 0 spiro atoms. The van der Waals surface area contributed by atoms with Crippen LogP contribution in [0.15, 0.2) is 67.1 Å². The van der Waals surface area contributed by atoms with Crippen LogP contribution in [0, 0.1) is 5.82 Å². The molecule has 9 nitrogen and oxygen atoms in total. The molecular formula is C29H29F4N7O2. The fraction of sp³-hybridized carbons (Fsp3) is 0.276. The predicted octanol–water partition coefficient (Wildman–Crippen LogP) is 6.22. The van der Waals surface area contributed by atoms with E-state index in [1.54, 1.807) is 36.3 Å². The van der Waals surface area contributed by atoms with Gasteiger partial charge in [0.15, 0.2) is 11.6 Å². The van der Waals surface area contributed by atoms with Crippen LogP contribution in [0.4, 0.5) is 39.4 Å². The molecule has 1 aliphatic rings. The van der Waals surface area contributed by atoms with Gasteiger partial charge in [0.25, 0.3) is 0 Å².